The van der Waals surface area contributed by atoms with E-state index in [4.69, 9.17) is 4.74 Å². The largest absolute Gasteiger partial charge is 0.508 e. The Bertz CT molecular complexity index is 368. The van der Waals surface area contributed by atoms with Crippen LogP contribution in [0.25, 0.3) is 0 Å². The van der Waals surface area contributed by atoms with Crippen LogP contribution in [-0.2, 0) is 4.74 Å². The molecule has 0 heterocycles. The van der Waals surface area contributed by atoms with Crippen LogP contribution in [0, 0.1) is 5.82 Å². The van der Waals surface area contributed by atoms with E-state index < -0.39 is 0 Å². The molecule has 0 aliphatic rings. The van der Waals surface area contributed by atoms with Crippen LogP contribution in [0.5, 0.6) is 5.75 Å². The Morgan fingerprint density at radius 2 is 2.35 bits per heavy atom. The minimum atomic E-state index is -0.352. The van der Waals surface area contributed by atoms with Gasteiger partial charge in [-0.15, -0.1) is 6.58 Å². The van der Waals surface area contributed by atoms with E-state index in [2.05, 4.69) is 11.9 Å². The average molecular weight is 239 g/mol. The van der Waals surface area contributed by atoms with Crippen molar-refractivity contribution in [2.24, 2.45) is 0 Å². The molecular weight excluding hydrogens is 221 g/mol. The number of phenolic OH excluding ortho intramolecular Hbond substituents is 1. The van der Waals surface area contributed by atoms with Crippen molar-refractivity contribution in [1.29, 1.82) is 0 Å². The van der Waals surface area contributed by atoms with Gasteiger partial charge in [-0.3, -0.25) is 0 Å². The number of benzene rings is 1. The molecule has 17 heavy (non-hydrogen) atoms. The highest BCUT2D eigenvalue weighted by Crippen LogP contribution is 2.24. The summed E-state index contributed by atoms with van der Waals surface area (Å²) in [6.45, 7) is 7.10. The van der Waals surface area contributed by atoms with Crippen molar-refractivity contribution in [3.05, 3.63) is 42.2 Å². The lowest BCUT2D eigenvalue weighted by Crippen LogP contribution is -2.23. The van der Waals surface area contributed by atoms with Gasteiger partial charge in [0.25, 0.3) is 0 Å². The van der Waals surface area contributed by atoms with Gasteiger partial charge in [0.15, 0.2) is 0 Å². The van der Waals surface area contributed by atoms with Gasteiger partial charge in [0.2, 0.25) is 0 Å². The molecule has 0 saturated carbocycles. The summed E-state index contributed by atoms with van der Waals surface area (Å²) in [6, 6.07) is 3.80. The number of hydrogen-bond acceptors (Lipinski definition) is 3. The maximum atomic E-state index is 13.0. The van der Waals surface area contributed by atoms with Crippen LogP contribution in [0.15, 0.2) is 30.9 Å². The Kier molecular flexibility index (Phi) is 5.66. The first kappa shape index (κ1) is 13.7. The molecule has 1 rings (SSSR count). The number of rotatable bonds is 7. The first-order valence-corrected chi connectivity index (χ1v) is 5.55. The third kappa shape index (κ3) is 4.54. The zero-order chi connectivity index (χ0) is 12.7. The number of ether oxygens (including phenoxy) is 1. The summed E-state index contributed by atoms with van der Waals surface area (Å²) in [5, 5.41) is 12.7. The molecule has 1 unspecified atom stereocenters. The van der Waals surface area contributed by atoms with Crippen LogP contribution >= 0.6 is 0 Å². The fraction of sp³-hybridized carbons (Fsp3) is 0.385. The standard InChI is InChI=1S/C13H18FNO2/c1-3-7-17-8-6-15-10(2)12-9-11(14)4-5-13(12)16/h3-5,9-10,15-16H,1,6-8H2,2H3. The second-order valence-corrected chi connectivity index (χ2v) is 3.74. The van der Waals surface area contributed by atoms with Gasteiger partial charge in [-0.1, -0.05) is 6.08 Å². The van der Waals surface area contributed by atoms with Gasteiger partial charge in [-0.05, 0) is 25.1 Å². The minimum Gasteiger partial charge on any atom is -0.508 e. The Hall–Kier alpha value is -1.39. The van der Waals surface area contributed by atoms with E-state index in [9.17, 15) is 9.50 Å². The normalized spacial score (nSPS) is 12.4. The van der Waals surface area contributed by atoms with Crippen molar-refractivity contribution in [2.45, 2.75) is 13.0 Å². The van der Waals surface area contributed by atoms with Gasteiger partial charge in [0.1, 0.15) is 11.6 Å². The SMILES string of the molecule is C=CCOCCNC(C)c1cc(F)ccc1O. The molecule has 0 amide bonds. The van der Waals surface area contributed by atoms with Crippen LogP contribution in [-0.4, -0.2) is 24.9 Å². The highest BCUT2D eigenvalue weighted by Gasteiger charge is 2.10. The number of aromatic hydroxyl groups is 1. The maximum Gasteiger partial charge on any atom is 0.123 e. The van der Waals surface area contributed by atoms with Gasteiger partial charge in [0, 0.05) is 18.2 Å². The van der Waals surface area contributed by atoms with Crippen LogP contribution in [0.3, 0.4) is 0 Å². The molecule has 0 aliphatic heterocycles. The molecule has 0 aliphatic carbocycles. The van der Waals surface area contributed by atoms with Crippen LogP contribution in [0.1, 0.15) is 18.5 Å². The van der Waals surface area contributed by atoms with Crippen molar-refractivity contribution in [2.75, 3.05) is 19.8 Å². The molecule has 94 valence electrons. The molecule has 1 atom stereocenters. The van der Waals surface area contributed by atoms with E-state index >= 15 is 0 Å². The summed E-state index contributed by atoms with van der Waals surface area (Å²) in [7, 11) is 0. The number of hydrogen-bond donors (Lipinski definition) is 2. The van der Waals surface area contributed by atoms with E-state index in [0.29, 0.717) is 25.3 Å². The molecular formula is C13H18FNO2. The highest BCUT2D eigenvalue weighted by atomic mass is 19.1. The van der Waals surface area contributed by atoms with Gasteiger partial charge in [0.05, 0.1) is 13.2 Å². The summed E-state index contributed by atoms with van der Waals surface area (Å²) in [4.78, 5) is 0. The summed E-state index contributed by atoms with van der Waals surface area (Å²) in [5.74, 6) is -0.257. The van der Waals surface area contributed by atoms with Gasteiger partial charge in [-0.2, -0.15) is 0 Å². The first-order valence-electron chi connectivity index (χ1n) is 5.55. The smallest absolute Gasteiger partial charge is 0.123 e. The second kappa shape index (κ2) is 7.04. The van der Waals surface area contributed by atoms with Crippen molar-refractivity contribution >= 4 is 0 Å². The predicted molar refractivity (Wildman–Crippen MR) is 65.5 cm³/mol. The molecule has 0 fully saturated rings. The minimum absolute atomic E-state index is 0.0957. The molecule has 2 N–H and O–H groups in total. The Labute approximate surface area is 101 Å². The Morgan fingerprint density at radius 1 is 1.59 bits per heavy atom. The summed E-state index contributed by atoms with van der Waals surface area (Å²) in [6.07, 6.45) is 1.68. The van der Waals surface area contributed by atoms with Gasteiger partial charge < -0.3 is 15.2 Å². The van der Waals surface area contributed by atoms with Crippen molar-refractivity contribution in [1.82, 2.24) is 5.32 Å². The van der Waals surface area contributed by atoms with Gasteiger partial charge >= 0.3 is 0 Å². The number of halogens is 1. The predicted octanol–water partition coefficient (Wildman–Crippen LogP) is 2.38. The molecule has 0 radical (unpaired) electrons. The topological polar surface area (TPSA) is 41.5 Å². The third-order valence-corrected chi connectivity index (χ3v) is 2.39. The zero-order valence-corrected chi connectivity index (χ0v) is 9.95. The quantitative estimate of drug-likeness (QED) is 0.567. The summed E-state index contributed by atoms with van der Waals surface area (Å²) >= 11 is 0. The maximum absolute atomic E-state index is 13.0. The van der Waals surface area contributed by atoms with E-state index in [0.717, 1.165) is 0 Å². The molecule has 1 aromatic carbocycles. The second-order valence-electron chi connectivity index (χ2n) is 3.74. The summed E-state index contributed by atoms with van der Waals surface area (Å²) in [5.41, 5.74) is 0.550. The molecule has 0 aromatic heterocycles. The number of phenols is 1. The molecule has 0 saturated heterocycles. The molecule has 1 aromatic rings. The van der Waals surface area contributed by atoms with Crippen LogP contribution < -0.4 is 5.32 Å². The number of nitrogens with one attached hydrogen (secondary N) is 1. The first-order chi connectivity index (χ1) is 8.15. The van der Waals surface area contributed by atoms with Crippen molar-refractivity contribution < 1.29 is 14.2 Å². The Balaban J connectivity index is 2.43. The van der Waals surface area contributed by atoms with Crippen molar-refractivity contribution in [3.63, 3.8) is 0 Å². The fourth-order valence-corrected chi connectivity index (χ4v) is 1.50. The van der Waals surface area contributed by atoms with E-state index in [-0.39, 0.29) is 17.6 Å². The average Bonchev–Trinajstić information content (AvgIpc) is 2.32. The van der Waals surface area contributed by atoms with Gasteiger partial charge in [-0.25, -0.2) is 4.39 Å². The lowest BCUT2D eigenvalue weighted by Gasteiger charge is -2.15. The van der Waals surface area contributed by atoms with Crippen LogP contribution in [0.4, 0.5) is 4.39 Å². The molecule has 0 spiro atoms. The fourth-order valence-electron chi connectivity index (χ4n) is 1.50. The molecule has 0 bridgehead atoms. The monoisotopic (exact) mass is 239 g/mol. The molecule has 4 heteroatoms. The molecule has 3 nitrogen and oxygen atoms in total. The zero-order valence-electron chi connectivity index (χ0n) is 9.95. The lowest BCUT2D eigenvalue weighted by molar-refractivity contribution is 0.161. The lowest BCUT2D eigenvalue weighted by atomic mass is 10.1. The van der Waals surface area contributed by atoms with E-state index in [1.807, 2.05) is 6.92 Å². The Morgan fingerprint density at radius 3 is 3.06 bits per heavy atom. The van der Waals surface area contributed by atoms with E-state index in [1.54, 1.807) is 6.08 Å². The summed E-state index contributed by atoms with van der Waals surface area (Å²) < 4.78 is 18.2. The van der Waals surface area contributed by atoms with Crippen LogP contribution in [0.2, 0.25) is 0 Å². The van der Waals surface area contributed by atoms with E-state index in [1.165, 1.54) is 18.2 Å². The highest BCUT2D eigenvalue weighted by molar-refractivity contribution is 5.34. The van der Waals surface area contributed by atoms with Crippen molar-refractivity contribution in [3.8, 4) is 5.75 Å². The third-order valence-electron chi connectivity index (χ3n) is 2.39.